The molecule has 3 atom stereocenters. The number of hydrogen-bond donors (Lipinski definition) is 2. The van der Waals surface area contributed by atoms with E-state index in [-0.39, 0.29) is 18.9 Å². The van der Waals surface area contributed by atoms with Gasteiger partial charge in [-0.2, -0.15) is 0 Å². The molecule has 0 aliphatic heterocycles. The van der Waals surface area contributed by atoms with Crippen molar-refractivity contribution in [1.82, 2.24) is 5.32 Å². The van der Waals surface area contributed by atoms with Crippen molar-refractivity contribution >= 4 is 13.7 Å². The third-order valence-corrected chi connectivity index (χ3v) is 11.2. The molecule has 2 N–H and O–H groups in total. The molecule has 0 radical (unpaired) electrons. The average molecular weight is 897 g/mol. The van der Waals surface area contributed by atoms with E-state index in [1.54, 1.807) is 6.08 Å². The van der Waals surface area contributed by atoms with Crippen LogP contribution in [0.3, 0.4) is 0 Å². The Hall–Kier alpha value is -2.84. The molecule has 0 heterocycles. The van der Waals surface area contributed by atoms with Crippen LogP contribution in [0.1, 0.15) is 174 Å². The van der Waals surface area contributed by atoms with Crippen LogP contribution in [-0.2, 0) is 18.4 Å². The molecule has 8 nitrogen and oxygen atoms in total. The van der Waals surface area contributed by atoms with Gasteiger partial charge in [-0.25, -0.2) is 0 Å². The van der Waals surface area contributed by atoms with E-state index in [2.05, 4.69) is 116 Å². The Labute approximate surface area is 387 Å². The van der Waals surface area contributed by atoms with Gasteiger partial charge in [0.05, 0.1) is 39.9 Å². The minimum absolute atomic E-state index is 0.0241. The molecule has 0 aliphatic rings. The van der Waals surface area contributed by atoms with Crippen molar-refractivity contribution in [3.63, 3.8) is 0 Å². The summed E-state index contributed by atoms with van der Waals surface area (Å²) in [5.74, 6) is -0.258. The van der Waals surface area contributed by atoms with Gasteiger partial charge in [-0.1, -0.05) is 181 Å². The van der Waals surface area contributed by atoms with Gasteiger partial charge in [0.2, 0.25) is 5.91 Å². The van der Waals surface area contributed by atoms with E-state index < -0.39 is 26.6 Å². The topological polar surface area (TPSA) is 108 Å². The number of phosphoric acid groups is 1. The number of allylic oxidation sites excluding steroid dienone is 17. The fourth-order valence-corrected chi connectivity index (χ4v) is 7.03. The number of aliphatic hydroxyl groups excluding tert-OH is 1. The Kier molecular flexibility index (Phi) is 42.4. The number of unbranched alkanes of at least 4 members (excludes halogenated alkanes) is 14. The first-order valence-corrected chi connectivity index (χ1v) is 26.2. The minimum atomic E-state index is -4.62. The predicted molar refractivity (Wildman–Crippen MR) is 269 cm³/mol. The van der Waals surface area contributed by atoms with Crippen LogP contribution >= 0.6 is 7.82 Å². The molecule has 63 heavy (non-hydrogen) atoms. The second kappa shape index (κ2) is 44.4. The zero-order valence-corrected chi connectivity index (χ0v) is 41.6. The van der Waals surface area contributed by atoms with Crippen LogP contribution in [-0.4, -0.2) is 68.5 Å². The quantitative estimate of drug-likeness (QED) is 0.0273. The lowest BCUT2D eigenvalue weighted by atomic mass is 10.1. The number of amides is 1. The summed E-state index contributed by atoms with van der Waals surface area (Å²) < 4.78 is 23.2. The number of hydrogen-bond acceptors (Lipinski definition) is 6. The summed E-state index contributed by atoms with van der Waals surface area (Å²) in [7, 11) is 1.19. The SMILES string of the molecule is CC/C=C\C/C=C\C/C=C\C/C=C\C/C=C\C/C=C\CCCCC(=O)NC(COP(=O)([O-])OCC[N+](C)(C)C)C(O)/C=C/CC/C=C/CC/C=C/CCCCCCCCCCCC. The number of phosphoric ester groups is 1. The molecule has 0 aromatic rings. The lowest BCUT2D eigenvalue weighted by Gasteiger charge is -2.29. The van der Waals surface area contributed by atoms with Crippen LogP contribution in [0, 0.1) is 0 Å². The maximum Gasteiger partial charge on any atom is 0.268 e. The Morgan fingerprint density at radius 3 is 1.48 bits per heavy atom. The number of nitrogens with one attached hydrogen (secondary N) is 1. The third kappa shape index (κ3) is 47.0. The standard InChI is InChI=1S/C54H93N2O6P/c1-6-8-10-12-14-16-18-20-22-24-26-28-30-32-34-36-38-40-42-44-46-48-54(58)55-52(51-62-63(59,60)61-50-49-56(3,4)5)53(57)47-45-43-41-39-37-35-33-31-29-27-25-23-21-19-17-15-13-11-9-7-2/h8,10,14,16,20,22,26,28-29,31-32,34,37-40,45,47,52-53,57H,6-7,9,11-13,15,17-19,21,23-25,27,30,33,35-36,41-44,46,48-51H2,1-5H3,(H-,55,58,59,60)/b10-8-,16-14-,22-20-,28-26-,31-29+,34-32-,39-37+,40-38-,47-45+. The number of quaternary nitrogens is 1. The van der Waals surface area contributed by atoms with Gasteiger partial charge in [-0.3, -0.25) is 9.36 Å². The molecular formula is C54H93N2O6P. The van der Waals surface area contributed by atoms with Crippen LogP contribution in [0.25, 0.3) is 0 Å². The van der Waals surface area contributed by atoms with Crippen LogP contribution < -0.4 is 10.2 Å². The van der Waals surface area contributed by atoms with E-state index in [4.69, 9.17) is 9.05 Å². The molecule has 0 aromatic carbocycles. The minimum Gasteiger partial charge on any atom is -0.756 e. The molecule has 360 valence electrons. The van der Waals surface area contributed by atoms with Gasteiger partial charge in [0.15, 0.2) is 0 Å². The van der Waals surface area contributed by atoms with Crippen molar-refractivity contribution in [1.29, 1.82) is 0 Å². The molecular weight excluding hydrogens is 804 g/mol. The molecule has 0 rings (SSSR count). The fraction of sp³-hybridized carbons (Fsp3) is 0.648. The third-order valence-electron chi connectivity index (χ3n) is 10.2. The van der Waals surface area contributed by atoms with Crippen molar-refractivity contribution in [3.8, 4) is 0 Å². The van der Waals surface area contributed by atoms with E-state index in [9.17, 15) is 19.4 Å². The largest absolute Gasteiger partial charge is 0.756 e. The molecule has 0 fully saturated rings. The van der Waals surface area contributed by atoms with Crippen LogP contribution in [0.2, 0.25) is 0 Å². The molecule has 0 aromatic heterocycles. The zero-order valence-electron chi connectivity index (χ0n) is 40.7. The van der Waals surface area contributed by atoms with Crippen molar-refractivity contribution < 1.29 is 32.9 Å². The van der Waals surface area contributed by atoms with Crippen molar-refractivity contribution in [2.45, 2.75) is 187 Å². The van der Waals surface area contributed by atoms with Crippen molar-refractivity contribution in [3.05, 3.63) is 109 Å². The predicted octanol–water partition coefficient (Wildman–Crippen LogP) is 13.8. The van der Waals surface area contributed by atoms with Crippen LogP contribution in [0.4, 0.5) is 0 Å². The second-order valence-electron chi connectivity index (χ2n) is 17.4. The number of carbonyl (C=O) groups excluding carboxylic acids is 1. The Bertz CT molecular complexity index is 1390. The highest BCUT2D eigenvalue weighted by molar-refractivity contribution is 7.45. The molecule has 0 aliphatic carbocycles. The Morgan fingerprint density at radius 2 is 0.984 bits per heavy atom. The average Bonchev–Trinajstić information content (AvgIpc) is 3.24. The second-order valence-corrected chi connectivity index (χ2v) is 18.8. The van der Waals surface area contributed by atoms with Gasteiger partial charge in [0.1, 0.15) is 13.2 Å². The number of nitrogens with zero attached hydrogens (tertiary/aromatic N) is 1. The number of likely N-dealkylation sites (N-methyl/N-ethyl adjacent to an activating group) is 1. The normalized spacial score (nSPS) is 15.1. The van der Waals surface area contributed by atoms with Gasteiger partial charge in [0, 0.05) is 6.42 Å². The first-order chi connectivity index (χ1) is 30.5. The van der Waals surface area contributed by atoms with Crippen LogP contribution in [0.5, 0.6) is 0 Å². The highest BCUT2D eigenvalue weighted by Gasteiger charge is 2.23. The van der Waals surface area contributed by atoms with Crippen LogP contribution in [0.15, 0.2) is 109 Å². The molecule has 0 saturated carbocycles. The van der Waals surface area contributed by atoms with Gasteiger partial charge in [0.25, 0.3) is 7.82 Å². The number of aliphatic hydroxyl groups is 1. The van der Waals surface area contributed by atoms with Gasteiger partial charge in [-0.15, -0.1) is 0 Å². The van der Waals surface area contributed by atoms with Gasteiger partial charge < -0.3 is 28.8 Å². The molecule has 1 amide bonds. The number of rotatable bonds is 43. The fourth-order valence-electron chi connectivity index (χ4n) is 6.30. The van der Waals surface area contributed by atoms with E-state index in [0.29, 0.717) is 23.9 Å². The van der Waals surface area contributed by atoms with Crippen molar-refractivity contribution in [2.75, 3.05) is 40.9 Å². The lowest BCUT2D eigenvalue weighted by Crippen LogP contribution is -2.45. The van der Waals surface area contributed by atoms with Gasteiger partial charge in [-0.05, 0) is 96.3 Å². The summed E-state index contributed by atoms with van der Waals surface area (Å²) in [6.45, 7) is 4.45. The van der Waals surface area contributed by atoms with Gasteiger partial charge >= 0.3 is 0 Å². The summed E-state index contributed by atoms with van der Waals surface area (Å²) >= 11 is 0. The summed E-state index contributed by atoms with van der Waals surface area (Å²) in [5, 5.41) is 13.8. The van der Waals surface area contributed by atoms with E-state index in [0.717, 1.165) is 70.6 Å². The van der Waals surface area contributed by atoms with E-state index in [1.807, 2.05) is 27.2 Å². The summed E-state index contributed by atoms with van der Waals surface area (Å²) in [4.78, 5) is 25.4. The molecule has 9 heteroatoms. The maximum atomic E-state index is 12.9. The van der Waals surface area contributed by atoms with E-state index in [1.165, 1.54) is 70.6 Å². The van der Waals surface area contributed by atoms with E-state index >= 15 is 0 Å². The maximum absolute atomic E-state index is 12.9. The summed E-state index contributed by atoms with van der Waals surface area (Å²) in [6.07, 6.45) is 64.4. The molecule has 0 bridgehead atoms. The first-order valence-electron chi connectivity index (χ1n) is 24.7. The first kappa shape index (κ1) is 60.2. The highest BCUT2D eigenvalue weighted by atomic mass is 31.2. The summed E-state index contributed by atoms with van der Waals surface area (Å²) in [5.41, 5.74) is 0. The Morgan fingerprint density at radius 1 is 0.571 bits per heavy atom. The number of carbonyl (C=O) groups is 1. The highest BCUT2D eigenvalue weighted by Crippen LogP contribution is 2.38. The summed E-state index contributed by atoms with van der Waals surface area (Å²) in [6, 6.07) is -0.941. The zero-order chi connectivity index (χ0) is 46.4. The molecule has 0 spiro atoms. The van der Waals surface area contributed by atoms with Crippen molar-refractivity contribution in [2.24, 2.45) is 0 Å². The molecule has 3 unspecified atom stereocenters. The Balaban J connectivity index is 4.55. The monoisotopic (exact) mass is 897 g/mol. The smallest absolute Gasteiger partial charge is 0.268 e. The molecule has 0 saturated heterocycles. The lowest BCUT2D eigenvalue weighted by molar-refractivity contribution is -0.870.